The van der Waals surface area contributed by atoms with E-state index in [9.17, 15) is 8.42 Å². The lowest BCUT2D eigenvalue weighted by Gasteiger charge is -2.14. The fourth-order valence-corrected chi connectivity index (χ4v) is 3.10. The van der Waals surface area contributed by atoms with Gasteiger partial charge in [0.1, 0.15) is 11.9 Å². The van der Waals surface area contributed by atoms with E-state index in [1.807, 2.05) is 0 Å². The van der Waals surface area contributed by atoms with Crippen LogP contribution in [0.3, 0.4) is 0 Å². The Bertz CT molecular complexity index is 719. The Morgan fingerprint density at radius 1 is 1.59 bits per heavy atom. The number of nitrogens with one attached hydrogen (secondary N) is 2. The van der Waals surface area contributed by atoms with Crippen molar-refractivity contribution in [1.82, 2.24) is 10.8 Å². The van der Waals surface area contributed by atoms with Crippen molar-refractivity contribution in [3.63, 3.8) is 0 Å². The lowest BCUT2D eigenvalue weighted by molar-refractivity contribution is 0.0380. The van der Waals surface area contributed by atoms with Crippen molar-refractivity contribution in [2.45, 2.75) is 12.5 Å². The molecule has 0 spiro atoms. The predicted molar refractivity (Wildman–Crippen MR) is 88.2 cm³/mol. The molecule has 0 saturated carbocycles. The third-order valence-electron chi connectivity index (χ3n) is 3.00. The van der Waals surface area contributed by atoms with E-state index in [0.29, 0.717) is 17.0 Å². The van der Waals surface area contributed by atoms with Gasteiger partial charge in [-0.25, -0.2) is 0 Å². The maximum absolute atomic E-state index is 11.4. The largest absolute Gasteiger partial charge is 0.386 e. The summed E-state index contributed by atoms with van der Waals surface area (Å²) in [7, 11) is -1.92. The summed E-state index contributed by atoms with van der Waals surface area (Å²) in [6, 6.07) is 4.79. The second-order valence-electron chi connectivity index (χ2n) is 4.61. The summed E-state index contributed by atoms with van der Waals surface area (Å²) >= 11 is 11.1. The Kier molecular flexibility index (Phi) is 5.28. The normalized spacial score (nSPS) is 20.2. The fourth-order valence-electron chi connectivity index (χ4n) is 2.08. The number of hydroxylamine groups is 1. The van der Waals surface area contributed by atoms with Crippen LogP contribution in [0.15, 0.2) is 29.6 Å². The molecule has 1 fully saturated rings. The summed E-state index contributed by atoms with van der Waals surface area (Å²) in [4.78, 5) is 5.50. The molecule has 0 radical (unpaired) electrons. The van der Waals surface area contributed by atoms with Gasteiger partial charge in [0.05, 0.1) is 22.7 Å². The molecule has 120 valence electrons. The highest BCUT2D eigenvalue weighted by Gasteiger charge is 2.29. The van der Waals surface area contributed by atoms with Crippen LogP contribution in [-0.4, -0.2) is 27.1 Å². The summed E-state index contributed by atoms with van der Waals surface area (Å²) < 4.78 is 27.8. The number of hydrogen-bond acceptors (Lipinski definition) is 7. The van der Waals surface area contributed by atoms with E-state index in [-0.39, 0.29) is 5.75 Å². The summed E-state index contributed by atoms with van der Waals surface area (Å²) in [5, 5.41) is 4.81. The Balaban J connectivity index is 2.38. The highest BCUT2D eigenvalue weighted by Crippen LogP contribution is 2.40. The van der Waals surface area contributed by atoms with E-state index in [2.05, 4.69) is 10.8 Å². The fraction of sp³-hybridized carbons (Fsp3) is 0.308. The zero-order valence-corrected chi connectivity index (χ0v) is 14.3. The molecule has 1 aromatic carbocycles. The molecule has 1 saturated heterocycles. The number of thiocarbonyl (C=S) groups is 1. The Hall–Kier alpha value is -1.35. The van der Waals surface area contributed by atoms with Crippen LogP contribution in [0.4, 0.5) is 0 Å². The van der Waals surface area contributed by atoms with Crippen LogP contribution in [0.2, 0.25) is 5.02 Å². The van der Waals surface area contributed by atoms with E-state index >= 15 is 0 Å². The minimum Gasteiger partial charge on any atom is -0.386 e. The molecule has 1 unspecified atom stereocenters. The Labute approximate surface area is 139 Å². The first kappa shape index (κ1) is 17.0. The first-order valence-corrected chi connectivity index (χ1v) is 8.98. The quantitative estimate of drug-likeness (QED) is 0.471. The molecule has 9 heteroatoms. The molecule has 2 N–H and O–H groups in total. The van der Waals surface area contributed by atoms with E-state index < -0.39 is 16.2 Å². The molecule has 1 aromatic rings. The maximum atomic E-state index is 11.4. The zero-order chi connectivity index (χ0) is 16.3. The van der Waals surface area contributed by atoms with Crippen molar-refractivity contribution in [1.29, 1.82) is 0 Å². The molecule has 0 amide bonds. The number of halogens is 1. The van der Waals surface area contributed by atoms with Gasteiger partial charge >= 0.3 is 10.1 Å². The van der Waals surface area contributed by atoms with Crippen LogP contribution in [0, 0.1) is 0 Å². The van der Waals surface area contributed by atoms with Gasteiger partial charge in [-0.1, -0.05) is 29.9 Å². The van der Waals surface area contributed by atoms with Crippen LogP contribution < -0.4 is 15.0 Å². The topological polar surface area (TPSA) is 76.7 Å². The van der Waals surface area contributed by atoms with E-state index in [1.165, 1.54) is 11.4 Å². The van der Waals surface area contributed by atoms with Gasteiger partial charge in [-0.15, -0.1) is 0 Å². The van der Waals surface area contributed by atoms with Crippen molar-refractivity contribution in [3.8, 4) is 5.75 Å². The molecule has 1 heterocycles. The van der Waals surface area contributed by atoms with E-state index in [1.54, 1.807) is 19.2 Å². The van der Waals surface area contributed by atoms with Gasteiger partial charge in [0, 0.05) is 24.4 Å². The molecule has 0 bridgehead atoms. The summed E-state index contributed by atoms with van der Waals surface area (Å²) in [6.45, 7) is 0. The van der Waals surface area contributed by atoms with Crippen molar-refractivity contribution < 1.29 is 17.4 Å². The van der Waals surface area contributed by atoms with Crippen LogP contribution in [-0.2, 0) is 15.0 Å². The van der Waals surface area contributed by atoms with Gasteiger partial charge in [-0.05, 0) is 12.1 Å². The van der Waals surface area contributed by atoms with Crippen LogP contribution in [0.1, 0.15) is 18.1 Å². The van der Waals surface area contributed by atoms with Crippen LogP contribution in [0.5, 0.6) is 5.75 Å². The van der Waals surface area contributed by atoms with Gasteiger partial charge in [-0.3, -0.25) is 10.3 Å². The second kappa shape index (κ2) is 6.82. The van der Waals surface area contributed by atoms with Crippen LogP contribution >= 0.6 is 23.8 Å². The standard InChI is InChI=1S/C13H15ClN2O4S2/c1-15-10(7-21)9-6-12(19-16-9)13-8(14)4-3-5-11(13)20-22(2,17)18/h3-5,7,12,15-16H,6H2,1-2H3. The monoisotopic (exact) mass is 362 g/mol. The van der Waals surface area contributed by atoms with Crippen molar-refractivity contribution >= 4 is 39.3 Å². The van der Waals surface area contributed by atoms with Gasteiger partial charge in [0.15, 0.2) is 0 Å². The summed E-state index contributed by atoms with van der Waals surface area (Å²) in [6.07, 6.45) is 0.939. The summed E-state index contributed by atoms with van der Waals surface area (Å²) in [5.74, 6) is 0.149. The molecule has 1 aliphatic heterocycles. The molecule has 0 aliphatic carbocycles. The highest BCUT2D eigenvalue weighted by molar-refractivity contribution is 7.86. The van der Waals surface area contributed by atoms with Crippen molar-refractivity contribution in [3.05, 3.63) is 40.2 Å². The van der Waals surface area contributed by atoms with Crippen molar-refractivity contribution in [2.75, 3.05) is 13.3 Å². The molecule has 1 aliphatic rings. The first-order chi connectivity index (χ1) is 10.4. The minimum absolute atomic E-state index is 0.149. The lowest BCUT2D eigenvalue weighted by atomic mass is 10.0. The van der Waals surface area contributed by atoms with E-state index in [4.69, 9.17) is 32.8 Å². The zero-order valence-electron chi connectivity index (χ0n) is 11.9. The summed E-state index contributed by atoms with van der Waals surface area (Å²) in [5.41, 5.74) is 4.72. The average Bonchev–Trinajstić information content (AvgIpc) is 2.88. The molecule has 6 nitrogen and oxygen atoms in total. The third kappa shape index (κ3) is 3.89. The van der Waals surface area contributed by atoms with Gasteiger partial charge in [0.2, 0.25) is 0 Å². The predicted octanol–water partition coefficient (Wildman–Crippen LogP) is 2.08. The smallest absolute Gasteiger partial charge is 0.306 e. The molecule has 22 heavy (non-hydrogen) atoms. The molecular weight excluding hydrogens is 348 g/mol. The van der Waals surface area contributed by atoms with Gasteiger partial charge in [-0.2, -0.15) is 8.42 Å². The first-order valence-electron chi connectivity index (χ1n) is 6.31. The van der Waals surface area contributed by atoms with Crippen molar-refractivity contribution in [2.24, 2.45) is 0 Å². The number of benzene rings is 1. The second-order valence-corrected chi connectivity index (χ2v) is 6.83. The minimum atomic E-state index is -3.67. The van der Waals surface area contributed by atoms with Crippen LogP contribution in [0.25, 0.3) is 0 Å². The molecule has 0 aromatic heterocycles. The molecule has 1 atom stereocenters. The Morgan fingerprint density at radius 2 is 2.32 bits per heavy atom. The number of allylic oxidation sites excluding steroid dienone is 1. The maximum Gasteiger partial charge on any atom is 0.306 e. The average molecular weight is 363 g/mol. The Morgan fingerprint density at radius 3 is 2.91 bits per heavy atom. The highest BCUT2D eigenvalue weighted by atomic mass is 35.5. The third-order valence-corrected chi connectivity index (χ3v) is 4.05. The SMILES string of the molecule is CNC(C=S)=C1CC(c2c(Cl)cccc2OS(C)(=O)=O)ON1. The van der Waals surface area contributed by atoms with E-state index in [0.717, 1.165) is 17.6 Å². The van der Waals surface area contributed by atoms with Gasteiger partial charge < -0.3 is 9.50 Å². The molecule has 2 rings (SSSR count). The van der Waals surface area contributed by atoms with Gasteiger partial charge in [0.25, 0.3) is 0 Å². The molecular formula is C13H15ClN2O4S2. The number of hydrogen-bond donors (Lipinski definition) is 2. The number of rotatable bonds is 5. The lowest BCUT2D eigenvalue weighted by Crippen LogP contribution is -2.14.